The fourth-order valence-electron chi connectivity index (χ4n) is 1.05. The molecule has 0 aliphatic rings. The van der Waals surface area contributed by atoms with Crippen LogP contribution in [0.4, 0.5) is 0 Å². The standard InChI is InChI=1S/C12H22O3/c1-3-4-11-15-12(13)9-7-5-6-8-10-14-2/h6,8H,3-5,7,9-11H2,1-2H3/b8-6+. The first-order valence-corrected chi connectivity index (χ1v) is 5.60. The smallest absolute Gasteiger partial charge is 0.305 e. The van der Waals surface area contributed by atoms with Gasteiger partial charge in [-0.05, 0) is 19.3 Å². The first-order valence-electron chi connectivity index (χ1n) is 5.60. The Hall–Kier alpha value is -0.830. The Morgan fingerprint density at radius 1 is 1.27 bits per heavy atom. The van der Waals surface area contributed by atoms with Crippen molar-refractivity contribution in [3.63, 3.8) is 0 Å². The monoisotopic (exact) mass is 214 g/mol. The van der Waals surface area contributed by atoms with Gasteiger partial charge < -0.3 is 9.47 Å². The van der Waals surface area contributed by atoms with Gasteiger partial charge in [0.2, 0.25) is 0 Å². The lowest BCUT2D eigenvalue weighted by Crippen LogP contribution is -2.05. The average molecular weight is 214 g/mol. The predicted octanol–water partition coefficient (Wildman–Crippen LogP) is 2.70. The molecule has 15 heavy (non-hydrogen) atoms. The molecule has 0 unspecified atom stereocenters. The highest BCUT2D eigenvalue weighted by Gasteiger charge is 2.00. The van der Waals surface area contributed by atoms with Crippen LogP contribution in [0.2, 0.25) is 0 Å². The van der Waals surface area contributed by atoms with Crippen molar-refractivity contribution in [1.29, 1.82) is 0 Å². The second kappa shape index (κ2) is 11.2. The van der Waals surface area contributed by atoms with Gasteiger partial charge in [0.05, 0.1) is 13.2 Å². The molecule has 0 rings (SSSR count). The fraction of sp³-hybridized carbons (Fsp3) is 0.750. The van der Waals surface area contributed by atoms with Gasteiger partial charge in [0.1, 0.15) is 0 Å². The van der Waals surface area contributed by atoms with E-state index in [4.69, 9.17) is 9.47 Å². The molecule has 0 aromatic rings. The van der Waals surface area contributed by atoms with E-state index in [1.807, 2.05) is 12.2 Å². The number of hydrogen-bond donors (Lipinski definition) is 0. The van der Waals surface area contributed by atoms with Gasteiger partial charge in [0.15, 0.2) is 0 Å². The van der Waals surface area contributed by atoms with Gasteiger partial charge in [0, 0.05) is 13.5 Å². The van der Waals surface area contributed by atoms with E-state index in [2.05, 4.69) is 6.92 Å². The fourth-order valence-corrected chi connectivity index (χ4v) is 1.05. The highest BCUT2D eigenvalue weighted by atomic mass is 16.5. The van der Waals surface area contributed by atoms with E-state index in [9.17, 15) is 4.79 Å². The minimum Gasteiger partial charge on any atom is -0.466 e. The zero-order valence-electron chi connectivity index (χ0n) is 9.83. The SMILES string of the molecule is CCCCOC(=O)CCC/C=C/COC. The summed E-state index contributed by atoms with van der Waals surface area (Å²) in [5, 5.41) is 0. The summed E-state index contributed by atoms with van der Waals surface area (Å²) in [6.07, 6.45) is 8.29. The molecule has 0 saturated carbocycles. The molecule has 0 N–H and O–H groups in total. The van der Waals surface area contributed by atoms with Crippen LogP contribution in [0.25, 0.3) is 0 Å². The molecular weight excluding hydrogens is 192 g/mol. The number of methoxy groups -OCH3 is 1. The molecule has 0 radical (unpaired) electrons. The van der Waals surface area contributed by atoms with Crippen LogP contribution in [-0.4, -0.2) is 26.3 Å². The van der Waals surface area contributed by atoms with Gasteiger partial charge in [-0.3, -0.25) is 4.79 Å². The van der Waals surface area contributed by atoms with E-state index in [1.165, 1.54) is 0 Å². The molecule has 88 valence electrons. The van der Waals surface area contributed by atoms with E-state index in [-0.39, 0.29) is 5.97 Å². The molecule has 0 aromatic carbocycles. The number of rotatable bonds is 9. The second-order valence-corrected chi connectivity index (χ2v) is 3.39. The molecule has 0 saturated heterocycles. The van der Waals surface area contributed by atoms with Crippen LogP contribution in [0.1, 0.15) is 39.0 Å². The summed E-state index contributed by atoms with van der Waals surface area (Å²) in [7, 11) is 1.66. The van der Waals surface area contributed by atoms with Crippen molar-refractivity contribution in [1.82, 2.24) is 0 Å². The third-order valence-corrected chi connectivity index (χ3v) is 1.94. The normalized spacial score (nSPS) is 10.8. The lowest BCUT2D eigenvalue weighted by Gasteiger charge is -2.02. The maximum Gasteiger partial charge on any atom is 0.305 e. The maximum atomic E-state index is 11.1. The van der Waals surface area contributed by atoms with Gasteiger partial charge in [0.25, 0.3) is 0 Å². The van der Waals surface area contributed by atoms with Gasteiger partial charge in [-0.25, -0.2) is 0 Å². The van der Waals surface area contributed by atoms with E-state index < -0.39 is 0 Å². The van der Waals surface area contributed by atoms with Crippen molar-refractivity contribution in [3.8, 4) is 0 Å². The summed E-state index contributed by atoms with van der Waals surface area (Å²) in [6.45, 7) is 3.28. The first kappa shape index (κ1) is 14.2. The van der Waals surface area contributed by atoms with Crippen LogP contribution in [0.5, 0.6) is 0 Å². The summed E-state index contributed by atoms with van der Waals surface area (Å²) < 4.78 is 9.88. The zero-order chi connectivity index (χ0) is 11.4. The summed E-state index contributed by atoms with van der Waals surface area (Å²) >= 11 is 0. The first-order chi connectivity index (χ1) is 7.31. The van der Waals surface area contributed by atoms with Crippen LogP contribution < -0.4 is 0 Å². The van der Waals surface area contributed by atoms with Crippen LogP contribution in [0.3, 0.4) is 0 Å². The van der Waals surface area contributed by atoms with Crippen molar-refractivity contribution in [2.75, 3.05) is 20.3 Å². The average Bonchev–Trinajstić information content (AvgIpc) is 2.23. The Bertz CT molecular complexity index is 176. The van der Waals surface area contributed by atoms with Gasteiger partial charge in [-0.1, -0.05) is 25.5 Å². The number of carbonyl (C=O) groups is 1. The Morgan fingerprint density at radius 3 is 2.73 bits per heavy atom. The van der Waals surface area contributed by atoms with Crippen LogP contribution in [-0.2, 0) is 14.3 Å². The second-order valence-electron chi connectivity index (χ2n) is 3.39. The minimum atomic E-state index is -0.0800. The molecule has 0 bridgehead atoms. The number of ether oxygens (including phenoxy) is 2. The lowest BCUT2D eigenvalue weighted by molar-refractivity contribution is -0.143. The highest BCUT2D eigenvalue weighted by Crippen LogP contribution is 2.00. The largest absolute Gasteiger partial charge is 0.466 e. The van der Waals surface area contributed by atoms with E-state index in [1.54, 1.807) is 7.11 Å². The highest BCUT2D eigenvalue weighted by molar-refractivity contribution is 5.69. The summed E-state index contributed by atoms with van der Waals surface area (Å²) in [4.78, 5) is 11.1. The van der Waals surface area contributed by atoms with Crippen LogP contribution in [0.15, 0.2) is 12.2 Å². The van der Waals surface area contributed by atoms with Gasteiger partial charge in [-0.2, -0.15) is 0 Å². The molecule has 0 fully saturated rings. The zero-order valence-corrected chi connectivity index (χ0v) is 9.83. The van der Waals surface area contributed by atoms with Crippen LogP contribution >= 0.6 is 0 Å². The number of unbranched alkanes of at least 4 members (excludes halogenated alkanes) is 2. The number of carbonyl (C=O) groups excluding carboxylic acids is 1. The van der Waals surface area contributed by atoms with Crippen LogP contribution in [0, 0.1) is 0 Å². The third-order valence-electron chi connectivity index (χ3n) is 1.94. The van der Waals surface area contributed by atoms with E-state index in [0.29, 0.717) is 19.6 Å². The molecule has 0 aliphatic carbocycles. The predicted molar refractivity (Wildman–Crippen MR) is 60.7 cm³/mol. The third kappa shape index (κ3) is 11.1. The number of allylic oxidation sites excluding steroid dienone is 1. The Kier molecular flexibility index (Phi) is 10.6. The van der Waals surface area contributed by atoms with E-state index >= 15 is 0 Å². The Balaban J connectivity index is 3.23. The molecule has 0 amide bonds. The van der Waals surface area contributed by atoms with Crippen molar-refractivity contribution in [3.05, 3.63) is 12.2 Å². The minimum absolute atomic E-state index is 0.0800. The van der Waals surface area contributed by atoms with Crippen molar-refractivity contribution in [2.45, 2.75) is 39.0 Å². The molecule has 0 aliphatic heterocycles. The maximum absolute atomic E-state index is 11.1. The molecule has 0 atom stereocenters. The van der Waals surface area contributed by atoms with E-state index in [0.717, 1.165) is 25.7 Å². The Morgan fingerprint density at radius 2 is 2.07 bits per heavy atom. The summed E-state index contributed by atoms with van der Waals surface area (Å²) in [5.74, 6) is -0.0800. The summed E-state index contributed by atoms with van der Waals surface area (Å²) in [6, 6.07) is 0. The molecular formula is C12H22O3. The van der Waals surface area contributed by atoms with Gasteiger partial charge >= 0.3 is 5.97 Å². The molecule has 0 aromatic heterocycles. The van der Waals surface area contributed by atoms with Gasteiger partial charge in [-0.15, -0.1) is 0 Å². The topological polar surface area (TPSA) is 35.5 Å². The van der Waals surface area contributed by atoms with Crippen molar-refractivity contribution < 1.29 is 14.3 Å². The number of hydrogen-bond acceptors (Lipinski definition) is 3. The Labute approximate surface area is 92.5 Å². The summed E-state index contributed by atoms with van der Waals surface area (Å²) in [5.41, 5.74) is 0. The number of esters is 1. The quantitative estimate of drug-likeness (QED) is 0.336. The molecule has 3 heteroatoms. The molecule has 0 spiro atoms. The van der Waals surface area contributed by atoms with Crippen molar-refractivity contribution in [2.24, 2.45) is 0 Å². The van der Waals surface area contributed by atoms with Crippen molar-refractivity contribution >= 4 is 5.97 Å². The molecule has 3 nitrogen and oxygen atoms in total. The lowest BCUT2D eigenvalue weighted by atomic mass is 10.2. The molecule has 0 heterocycles.